The van der Waals surface area contributed by atoms with Crippen molar-refractivity contribution in [3.63, 3.8) is 0 Å². The van der Waals surface area contributed by atoms with Gasteiger partial charge in [0.2, 0.25) is 5.91 Å². The van der Waals surface area contributed by atoms with Crippen molar-refractivity contribution in [2.45, 2.75) is 13.3 Å². The zero-order valence-electron chi connectivity index (χ0n) is 8.89. The normalized spacial score (nSPS) is 10.2. The van der Waals surface area contributed by atoms with Crippen LogP contribution in [0.4, 0.5) is 5.69 Å². The number of nitrogens with one attached hydrogen (secondary N) is 2. The Labute approximate surface area is 108 Å². The summed E-state index contributed by atoms with van der Waals surface area (Å²) in [6.07, 6.45) is 2.52. The Bertz CT molecular complexity index is 373. The highest BCUT2D eigenvalue weighted by Gasteiger charge is 2.04. The van der Waals surface area contributed by atoms with Gasteiger partial charge in [-0.3, -0.25) is 4.79 Å². The molecule has 1 rings (SSSR count). The molecule has 0 aliphatic rings. The predicted molar refractivity (Wildman–Crippen MR) is 68.7 cm³/mol. The quantitative estimate of drug-likeness (QED) is 0.649. The van der Waals surface area contributed by atoms with E-state index in [0.29, 0.717) is 21.9 Å². The van der Waals surface area contributed by atoms with Crippen LogP contribution in [-0.2, 0) is 4.79 Å². The standard InChI is InChI=1S/C10H13BrClN3O/c1-2-3-13-6-9(16)15-7-4-8(11)10(12)14-5-7/h4-5,13H,2-3,6H2,1H3,(H,15,16). The van der Waals surface area contributed by atoms with Crippen LogP contribution in [0.25, 0.3) is 0 Å². The number of carbonyl (C=O) groups excluding carboxylic acids is 1. The third-order valence-electron chi connectivity index (χ3n) is 1.79. The first-order chi connectivity index (χ1) is 7.63. The zero-order chi connectivity index (χ0) is 12.0. The van der Waals surface area contributed by atoms with Crippen LogP contribution in [-0.4, -0.2) is 24.0 Å². The average Bonchev–Trinajstić information content (AvgIpc) is 2.24. The summed E-state index contributed by atoms with van der Waals surface area (Å²) < 4.78 is 0.661. The molecule has 1 aromatic rings. The SMILES string of the molecule is CCCNCC(=O)Nc1cnc(Cl)c(Br)c1. The lowest BCUT2D eigenvalue weighted by atomic mass is 10.4. The Morgan fingerprint density at radius 2 is 2.38 bits per heavy atom. The first-order valence-electron chi connectivity index (χ1n) is 4.95. The number of pyridine rings is 1. The summed E-state index contributed by atoms with van der Waals surface area (Å²) in [5.41, 5.74) is 0.625. The molecular formula is C10H13BrClN3O. The molecule has 4 nitrogen and oxygen atoms in total. The number of hydrogen-bond acceptors (Lipinski definition) is 3. The number of nitrogens with zero attached hydrogens (tertiary/aromatic N) is 1. The van der Waals surface area contributed by atoms with Crippen molar-refractivity contribution >= 4 is 39.1 Å². The van der Waals surface area contributed by atoms with Crippen molar-refractivity contribution in [1.82, 2.24) is 10.3 Å². The van der Waals surface area contributed by atoms with Gasteiger partial charge in [-0.15, -0.1) is 0 Å². The molecule has 0 radical (unpaired) electrons. The lowest BCUT2D eigenvalue weighted by Crippen LogP contribution is -2.28. The van der Waals surface area contributed by atoms with E-state index in [1.807, 2.05) is 6.92 Å². The highest BCUT2D eigenvalue weighted by Crippen LogP contribution is 2.22. The third-order valence-corrected chi connectivity index (χ3v) is 2.93. The van der Waals surface area contributed by atoms with Crippen LogP contribution in [0.1, 0.15) is 13.3 Å². The topological polar surface area (TPSA) is 54.0 Å². The number of halogens is 2. The van der Waals surface area contributed by atoms with Crippen LogP contribution in [0.3, 0.4) is 0 Å². The molecule has 0 saturated heterocycles. The van der Waals surface area contributed by atoms with Gasteiger partial charge < -0.3 is 10.6 Å². The third kappa shape index (κ3) is 4.47. The highest BCUT2D eigenvalue weighted by molar-refractivity contribution is 9.10. The fourth-order valence-corrected chi connectivity index (χ4v) is 1.53. The molecule has 0 aliphatic carbocycles. The summed E-state index contributed by atoms with van der Waals surface area (Å²) in [6, 6.07) is 1.72. The highest BCUT2D eigenvalue weighted by atomic mass is 79.9. The van der Waals surface area contributed by atoms with Gasteiger partial charge in [0.05, 0.1) is 22.9 Å². The number of carbonyl (C=O) groups is 1. The number of hydrogen-bond donors (Lipinski definition) is 2. The van der Waals surface area contributed by atoms with E-state index in [0.717, 1.165) is 13.0 Å². The number of amides is 1. The van der Waals surface area contributed by atoms with Gasteiger partial charge in [-0.2, -0.15) is 0 Å². The van der Waals surface area contributed by atoms with E-state index < -0.39 is 0 Å². The van der Waals surface area contributed by atoms with Crippen molar-refractivity contribution in [1.29, 1.82) is 0 Å². The van der Waals surface area contributed by atoms with Gasteiger partial charge in [0.25, 0.3) is 0 Å². The molecule has 0 saturated carbocycles. The molecule has 16 heavy (non-hydrogen) atoms. The Hall–Kier alpha value is -0.650. The van der Waals surface area contributed by atoms with Gasteiger partial charge in [-0.05, 0) is 35.0 Å². The predicted octanol–water partition coefficient (Wildman–Crippen LogP) is 2.44. The second-order valence-electron chi connectivity index (χ2n) is 3.22. The van der Waals surface area contributed by atoms with Crippen molar-refractivity contribution in [2.24, 2.45) is 0 Å². The zero-order valence-corrected chi connectivity index (χ0v) is 11.2. The smallest absolute Gasteiger partial charge is 0.238 e. The van der Waals surface area contributed by atoms with E-state index in [-0.39, 0.29) is 5.91 Å². The number of aromatic nitrogens is 1. The van der Waals surface area contributed by atoms with Crippen LogP contribution >= 0.6 is 27.5 Å². The van der Waals surface area contributed by atoms with Gasteiger partial charge in [0.1, 0.15) is 5.15 Å². The summed E-state index contributed by atoms with van der Waals surface area (Å²) in [4.78, 5) is 15.3. The van der Waals surface area contributed by atoms with Crippen LogP contribution in [0.2, 0.25) is 5.15 Å². The minimum absolute atomic E-state index is 0.0931. The van der Waals surface area contributed by atoms with Crippen LogP contribution in [0, 0.1) is 0 Å². The Morgan fingerprint density at radius 1 is 1.62 bits per heavy atom. The summed E-state index contributed by atoms with van der Waals surface area (Å²) in [6.45, 7) is 3.18. The Balaban J connectivity index is 2.46. The van der Waals surface area contributed by atoms with E-state index in [1.165, 1.54) is 6.20 Å². The fourth-order valence-electron chi connectivity index (χ4n) is 1.07. The van der Waals surface area contributed by atoms with Gasteiger partial charge in [0.15, 0.2) is 0 Å². The van der Waals surface area contributed by atoms with E-state index in [1.54, 1.807) is 6.07 Å². The molecule has 88 valence electrons. The average molecular weight is 307 g/mol. The minimum atomic E-state index is -0.0931. The summed E-state index contributed by atoms with van der Waals surface area (Å²) in [5, 5.41) is 6.10. The largest absolute Gasteiger partial charge is 0.324 e. The van der Waals surface area contributed by atoms with E-state index in [4.69, 9.17) is 11.6 Å². The first kappa shape index (κ1) is 13.4. The van der Waals surface area contributed by atoms with Crippen molar-refractivity contribution in [3.05, 3.63) is 21.9 Å². The maximum Gasteiger partial charge on any atom is 0.238 e. The summed E-state index contributed by atoms with van der Waals surface area (Å²) in [7, 11) is 0. The maximum atomic E-state index is 11.4. The molecule has 0 unspecified atom stereocenters. The molecule has 1 heterocycles. The van der Waals surface area contributed by atoms with Crippen LogP contribution in [0.15, 0.2) is 16.7 Å². The molecule has 1 amide bonds. The van der Waals surface area contributed by atoms with E-state index in [2.05, 4.69) is 31.5 Å². The van der Waals surface area contributed by atoms with Crippen molar-refractivity contribution < 1.29 is 4.79 Å². The lowest BCUT2D eigenvalue weighted by Gasteiger charge is -2.06. The molecule has 2 N–H and O–H groups in total. The molecule has 0 atom stereocenters. The van der Waals surface area contributed by atoms with Gasteiger partial charge in [-0.25, -0.2) is 4.98 Å². The maximum absolute atomic E-state index is 11.4. The molecule has 0 aromatic carbocycles. The lowest BCUT2D eigenvalue weighted by molar-refractivity contribution is -0.115. The molecule has 0 aliphatic heterocycles. The van der Waals surface area contributed by atoms with Gasteiger partial charge >= 0.3 is 0 Å². The fraction of sp³-hybridized carbons (Fsp3) is 0.400. The number of rotatable bonds is 5. The molecular weight excluding hydrogens is 293 g/mol. The summed E-state index contributed by atoms with van der Waals surface area (Å²) >= 11 is 8.98. The van der Waals surface area contributed by atoms with Crippen molar-refractivity contribution in [3.8, 4) is 0 Å². The van der Waals surface area contributed by atoms with Gasteiger partial charge in [-0.1, -0.05) is 18.5 Å². The summed E-state index contributed by atoms with van der Waals surface area (Å²) in [5.74, 6) is -0.0931. The first-order valence-corrected chi connectivity index (χ1v) is 6.12. The van der Waals surface area contributed by atoms with E-state index >= 15 is 0 Å². The second kappa shape index (κ2) is 6.83. The molecule has 1 aromatic heterocycles. The Kier molecular flexibility index (Phi) is 5.73. The number of anilines is 1. The molecule has 0 bridgehead atoms. The minimum Gasteiger partial charge on any atom is -0.324 e. The Morgan fingerprint density at radius 3 is 3.00 bits per heavy atom. The van der Waals surface area contributed by atoms with Crippen LogP contribution < -0.4 is 10.6 Å². The second-order valence-corrected chi connectivity index (χ2v) is 4.43. The van der Waals surface area contributed by atoms with Gasteiger partial charge in [0, 0.05) is 0 Å². The van der Waals surface area contributed by atoms with E-state index in [9.17, 15) is 4.79 Å². The monoisotopic (exact) mass is 305 g/mol. The molecule has 0 spiro atoms. The van der Waals surface area contributed by atoms with Crippen LogP contribution in [0.5, 0.6) is 0 Å². The molecule has 6 heteroatoms. The molecule has 0 fully saturated rings. The van der Waals surface area contributed by atoms with Crippen molar-refractivity contribution in [2.75, 3.05) is 18.4 Å².